The zero-order chi connectivity index (χ0) is 10.9. The van der Waals surface area contributed by atoms with Crippen molar-refractivity contribution in [3.05, 3.63) is 24.4 Å². The second-order valence-corrected chi connectivity index (χ2v) is 4.67. The first-order chi connectivity index (χ1) is 7.36. The van der Waals surface area contributed by atoms with Gasteiger partial charge in [-0.25, -0.2) is 4.98 Å². The molecule has 0 spiro atoms. The van der Waals surface area contributed by atoms with E-state index < -0.39 is 0 Å². The molecule has 0 fully saturated rings. The fraction of sp³-hybridized carbons (Fsp3) is 0.583. The summed E-state index contributed by atoms with van der Waals surface area (Å²) in [4.78, 5) is 4.28. The van der Waals surface area contributed by atoms with Crippen LogP contribution in [-0.4, -0.2) is 23.8 Å². The lowest BCUT2D eigenvalue weighted by atomic mass is 10.1. The molecular formula is C12H20N2S. The molecule has 0 aliphatic rings. The van der Waals surface area contributed by atoms with Gasteiger partial charge in [-0.15, -0.1) is 11.8 Å². The highest BCUT2D eigenvalue weighted by atomic mass is 32.2. The molecule has 0 saturated heterocycles. The van der Waals surface area contributed by atoms with E-state index in [0.717, 1.165) is 10.8 Å². The summed E-state index contributed by atoms with van der Waals surface area (Å²) in [5, 5.41) is 4.46. The van der Waals surface area contributed by atoms with Crippen LogP contribution in [0.1, 0.15) is 26.2 Å². The Morgan fingerprint density at radius 2 is 2.33 bits per heavy atom. The largest absolute Gasteiger partial charge is 0.317 e. The average molecular weight is 224 g/mol. The van der Waals surface area contributed by atoms with Crippen molar-refractivity contribution in [1.29, 1.82) is 0 Å². The first-order valence-corrected chi connectivity index (χ1v) is 6.56. The number of thioether (sulfide) groups is 1. The third-order valence-corrected chi connectivity index (χ3v) is 3.52. The Kier molecular flexibility index (Phi) is 6.44. The summed E-state index contributed by atoms with van der Waals surface area (Å²) in [6, 6.07) is 6.74. The maximum atomic E-state index is 4.28. The number of nitrogens with one attached hydrogen (secondary N) is 1. The highest BCUT2D eigenvalue weighted by Crippen LogP contribution is 2.16. The van der Waals surface area contributed by atoms with E-state index in [9.17, 15) is 0 Å². The number of nitrogens with zero attached hydrogens (tertiary/aromatic N) is 1. The Hall–Kier alpha value is -0.540. The number of hydrogen-bond donors (Lipinski definition) is 1. The summed E-state index contributed by atoms with van der Waals surface area (Å²) >= 11 is 1.84. The molecule has 0 aliphatic heterocycles. The zero-order valence-corrected chi connectivity index (χ0v) is 10.4. The minimum Gasteiger partial charge on any atom is -0.317 e. The number of hydrogen-bond acceptors (Lipinski definition) is 3. The van der Waals surface area contributed by atoms with E-state index >= 15 is 0 Å². The predicted molar refractivity (Wildman–Crippen MR) is 67.3 cm³/mol. The average Bonchev–Trinajstić information content (AvgIpc) is 2.31. The number of rotatable bonds is 7. The maximum absolute atomic E-state index is 4.28. The SMILES string of the molecule is CCC(CCCSc1ccccn1)NC. The standard InChI is InChI=1S/C12H20N2S/c1-3-11(13-2)7-6-10-15-12-8-4-5-9-14-12/h4-5,8-9,11,13H,3,6-7,10H2,1-2H3. The maximum Gasteiger partial charge on any atom is 0.0959 e. The van der Waals surface area contributed by atoms with E-state index in [1.54, 1.807) is 0 Å². The molecule has 0 saturated carbocycles. The predicted octanol–water partition coefficient (Wildman–Crippen LogP) is 2.95. The van der Waals surface area contributed by atoms with E-state index in [4.69, 9.17) is 0 Å². The summed E-state index contributed by atoms with van der Waals surface area (Å²) < 4.78 is 0. The van der Waals surface area contributed by atoms with Crippen molar-refractivity contribution in [2.75, 3.05) is 12.8 Å². The topological polar surface area (TPSA) is 24.9 Å². The Bertz CT molecular complexity index is 247. The molecule has 1 unspecified atom stereocenters. The quantitative estimate of drug-likeness (QED) is 0.569. The van der Waals surface area contributed by atoms with Gasteiger partial charge in [0.25, 0.3) is 0 Å². The van der Waals surface area contributed by atoms with Crippen molar-refractivity contribution in [2.45, 2.75) is 37.3 Å². The van der Waals surface area contributed by atoms with Gasteiger partial charge in [0.15, 0.2) is 0 Å². The van der Waals surface area contributed by atoms with Crippen molar-refractivity contribution in [2.24, 2.45) is 0 Å². The highest BCUT2D eigenvalue weighted by molar-refractivity contribution is 7.99. The lowest BCUT2D eigenvalue weighted by Gasteiger charge is -2.12. The van der Waals surface area contributed by atoms with Gasteiger partial charge in [-0.1, -0.05) is 13.0 Å². The number of pyridine rings is 1. The molecular weight excluding hydrogens is 204 g/mol. The molecule has 0 bridgehead atoms. The molecule has 0 aromatic carbocycles. The van der Waals surface area contributed by atoms with Gasteiger partial charge < -0.3 is 5.32 Å². The minimum atomic E-state index is 0.675. The second-order valence-electron chi connectivity index (χ2n) is 3.55. The summed E-state index contributed by atoms with van der Waals surface area (Å²) in [7, 11) is 2.04. The molecule has 84 valence electrons. The molecule has 1 aromatic heterocycles. The smallest absolute Gasteiger partial charge is 0.0959 e. The molecule has 3 heteroatoms. The first-order valence-electron chi connectivity index (χ1n) is 5.58. The van der Waals surface area contributed by atoms with Gasteiger partial charge in [-0.2, -0.15) is 0 Å². The molecule has 0 radical (unpaired) electrons. The van der Waals surface area contributed by atoms with Crippen molar-refractivity contribution < 1.29 is 0 Å². The lowest BCUT2D eigenvalue weighted by molar-refractivity contribution is 0.504. The molecule has 1 N–H and O–H groups in total. The van der Waals surface area contributed by atoms with E-state index in [-0.39, 0.29) is 0 Å². The molecule has 1 atom stereocenters. The normalized spacial score (nSPS) is 12.7. The summed E-state index contributed by atoms with van der Waals surface area (Å²) in [6.45, 7) is 2.23. The fourth-order valence-electron chi connectivity index (χ4n) is 1.49. The fourth-order valence-corrected chi connectivity index (χ4v) is 2.32. The third kappa shape index (κ3) is 5.19. The molecule has 0 amide bonds. The van der Waals surface area contributed by atoms with Crippen molar-refractivity contribution in [1.82, 2.24) is 10.3 Å². The van der Waals surface area contributed by atoms with Crippen molar-refractivity contribution in [3.8, 4) is 0 Å². The van der Waals surface area contributed by atoms with Gasteiger partial charge >= 0.3 is 0 Å². The van der Waals surface area contributed by atoms with Gasteiger partial charge in [0.2, 0.25) is 0 Å². The Morgan fingerprint density at radius 1 is 1.47 bits per heavy atom. The van der Waals surface area contributed by atoms with Crippen LogP contribution < -0.4 is 5.32 Å². The van der Waals surface area contributed by atoms with Crippen LogP contribution in [0.2, 0.25) is 0 Å². The van der Waals surface area contributed by atoms with Crippen LogP contribution in [0.25, 0.3) is 0 Å². The van der Waals surface area contributed by atoms with Crippen LogP contribution >= 0.6 is 11.8 Å². The van der Waals surface area contributed by atoms with Crippen molar-refractivity contribution >= 4 is 11.8 Å². The molecule has 1 aromatic rings. The second kappa shape index (κ2) is 7.71. The van der Waals surface area contributed by atoms with E-state index in [2.05, 4.69) is 23.3 Å². The molecule has 15 heavy (non-hydrogen) atoms. The van der Waals surface area contributed by atoms with Gasteiger partial charge in [-0.3, -0.25) is 0 Å². The Balaban J connectivity index is 2.12. The molecule has 2 nitrogen and oxygen atoms in total. The molecule has 1 rings (SSSR count). The van der Waals surface area contributed by atoms with Crippen LogP contribution in [0.3, 0.4) is 0 Å². The Morgan fingerprint density at radius 3 is 2.93 bits per heavy atom. The van der Waals surface area contributed by atoms with Crippen LogP contribution in [-0.2, 0) is 0 Å². The van der Waals surface area contributed by atoms with Crippen LogP contribution in [0.15, 0.2) is 29.4 Å². The highest BCUT2D eigenvalue weighted by Gasteiger charge is 2.02. The van der Waals surface area contributed by atoms with E-state index in [1.165, 1.54) is 19.3 Å². The monoisotopic (exact) mass is 224 g/mol. The Labute approximate surface area is 96.9 Å². The van der Waals surface area contributed by atoms with Crippen molar-refractivity contribution in [3.63, 3.8) is 0 Å². The van der Waals surface area contributed by atoms with Gasteiger partial charge in [0.05, 0.1) is 5.03 Å². The number of aromatic nitrogens is 1. The van der Waals surface area contributed by atoms with Gasteiger partial charge in [0.1, 0.15) is 0 Å². The van der Waals surface area contributed by atoms with Crippen LogP contribution in [0.5, 0.6) is 0 Å². The van der Waals surface area contributed by atoms with Crippen LogP contribution in [0.4, 0.5) is 0 Å². The minimum absolute atomic E-state index is 0.675. The summed E-state index contributed by atoms with van der Waals surface area (Å²) in [6.07, 6.45) is 5.57. The third-order valence-electron chi connectivity index (χ3n) is 2.49. The van der Waals surface area contributed by atoms with E-state index in [0.29, 0.717) is 6.04 Å². The van der Waals surface area contributed by atoms with Gasteiger partial charge in [0, 0.05) is 12.2 Å². The zero-order valence-electron chi connectivity index (χ0n) is 9.57. The lowest BCUT2D eigenvalue weighted by Crippen LogP contribution is -2.23. The molecule has 1 heterocycles. The molecule has 0 aliphatic carbocycles. The van der Waals surface area contributed by atoms with Crippen LogP contribution in [0, 0.1) is 0 Å². The summed E-state index contributed by atoms with van der Waals surface area (Å²) in [5.74, 6) is 1.16. The first kappa shape index (κ1) is 12.5. The van der Waals surface area contributed by atoms with E-state index in [1.807, 2.05) is 37.1 Å². The summed E-state index contributed by atoms with van der Waals surface area (Å²) in [5.41, 5.74) is 0. The van der Waals surface area contributed by atoms with Gasteiger partial charge in [-0.05, 0) is 44.2 Å².